The molecule has 7 heteroatoms. The van der Waals surface area contributed by atoms with Gasteiger partial charge in [-0.05, 0) is 18.8 Å². The van der Waals surface area contributed by atoms with Gasteiger partial charge in [0.1, 0.15) is 10.6 Å². The Bertz CT molecular complexity index is 636. The molecule has 0 saturated carbocycles. The van der Waals surface area contributed by atoms with E-state index in [0.29, 0.717) is 24.2 Å². The predicted octanol–water partition coefficient (Wildman–Crippen LogP) is 3.12. The zero-order valence-electron chi connectivity index (χ0n) is 13.6. The van der Waals surface area contributed by atoms with Crippen LogP contribution < -0.4 is 9.47 Å². The number of rotatable bonds is 7. The van der Waals surface area contributed by atoms with Crippen LogP contribution in [0.25, 0.3) is 0 Å². The number of phenols is 1. The van der Waals surface area contributed by atoms with Gasteiger partial charge in [0.15, 0.2) is 11.5 Å². The molecule has 0 aliphatic carbocycles. The maximum absolute atomic E-state index is 11.7. The van der Waals surface area contributed by atoms with Gasteiger partial charge in [-0.3, -0.25) is 4.55 Å². The summed E-state index contributed by atoms with van der Waals surface area (Å²) in [6.45, 7) is 5.77. The van der Waals surface area contributed by atoms with E-state index in [9.17, 15) is 18.1 Å². The average Bonchev–Trinajstić information content (AvgIpc) is 2.44. The van der Waals surface area contributed by atoms with Crippen molar-refractivity contribution in [3.05, 3.63) is 11.1 Å². The number of hydrogen-bond donors (Lipinski definition) is 2. The predicted molar refractivity (Wildman–Crippen MR) is 83.7 cm³/mol. The zero-order valence-corrected chi connectivity index (χ0v) is 14.5. The third-order valence-corrected chi connectivity index (χ3v) is 4.69. The van der Waals surface area contributed by atoms with Gasteiger partial charge in [-0.15, -0.1) is 0 Å². The van der Waals surface area contributed by atoms with Gasteiger partial charge in [-0.25, -0.2) is 0 Å². The van der Waals surface area contributed by atoms with Crippen LogP contribution in [0.5, 0.6) is 17.2 Å². The molecule has 1 unspecified atom stereocenters. The normalized spacial score (nSPS) is 13.0. The van der Waals surface area contributed by atoms with Gasteiger partial charge in [0.05, 0.1) is 14.2 Å². The Balaban J connectivity index is 3.98. The quantitative estimate of drug-likeness (QED) is 0.745. The summed E-state index contributed by atoms with van der Waals surface area (Å²) in [6, 6.07) is 0. The molecule has 0 bridgehead atoms. The highest BCUT2D eigenvalue weighted by Crippen LogP contribution is 2.49. The van der Waals surface area contributed by atoms with Crippen molar-refractivity contribution in [2.45, 2.75) is 50.8 Å². The van der Waals surface area contributed by atoms with E-state index >= 15 is 0 Å². The standard InChI is InChI=1S/C15H24O6S/c1-6-8-10-13(20-4)11(9(3)7-2)14(21-5)12(16)15(10)22(17,18)19/h9,16H,6-8H2,1-5H3,(H,17,18,19). The highest BCUT2D eigenvalue weighted by molar-refractivity contribution is 7.86. The van der Waals surface area contributed by atoms with Crippen molar-refractivity contribution in [2.75, 3.05) is 14.2 Å². The van der Waals surface area contributed by atoms with Gasteiger partial charge in [0.2, 0.25) is 0 Å². The molecule has 0 saturated heterocycles. The fourth-order valence-corrected chi connectivity index (χ4v) is 3.43. The Morgan fingerprint density at radius 3 is 2.05 bits per heavy atom. The summed E-state index contributed by atoms with van der Waals surface area (Å²) in [6.07, 6.45) is 1.73. The smallest absolute Gasteiger partial charge is 0.298 e. The maximum atomic E-state index is 11.7. The molecule has 0 heterocycles. The highest BCUT2D eigenvalue weighted by Gasteiger charge is 2.32. The van der Waals surface area contributed by atoms with Crippen molar-refractivity contribution >= 4 is 10.1 Å². The van der Waals surface area contributed by atoms with E-state index in [1.165, 1.54) is 14.2 Å². The Hall–Kier alpha value is -1.47. The Kier molecular flexibility index (Phi) is 6.08. The van der Waals surface area contributed by atoms with Gasteiger partial charge in [-0.1, -0.05) is 27.2 Å². The minimum atomic E-state index is -4.61. The van der Waals surface area contributed by atoms with E-state index in [-0.39, 0.29) is 17.2 Å². The molecule has 0 amide bonds. The Labute approximate surface area is 131 Å². The van der Waals surface area contributed by atoms with Crippen LogP contribution in [0.3, 0.4) is 0 Å². The maximum Gasteiger partial charge on any atom is 0.298 e. The molecule has 1 rings (SSSR count). The number of phenolic OH excluding ortho intramolecular Hbond substituents is 1. The molecule has 2 N–H and O–H groups in total. The molecule has 126 valence electrons. The lowest BCUT2D eigenvalue weighted by atomic mass is 9.92. The fraction of sp³-hybridized carbons (Fsp3) is 0.600. The van der Waals surface area contributed by atoms with Crippen molar-refractivity contribution in [3.8, 4) is 17.2 Å². The van der Waals surface area contributed by atoms with E-state index in [1.807, 2.05) is 20.8 Å². The summed E-state index contributed by atoms with van der Waals surface area (Å²) in [5, 5.41) is 10.4. The van der Waals surface area contributed by atoms with E-state index in [0.717, 1.165) is 6.42 Å². The van der Waals surface area contributed by atoms with Crippen molar-refractivity contribution in [1.82, 2.24) is 0 Å². The first-order valence-electron chi connectivity index (χ1n) is 7.21. The first-order chi connectivity index (χ1) is 10.2. The first kappa shape index (κ1) is 18.6. The van der Waals surface area contributed by atoms with Crippen molar-refractivity contribution < 1.29 is 27.6 Å². The minimum Gasteiger partial charge on any atom is -0.503 e. The topological polar surface area (TPSA) is 93.1 Å². The zero-order chi connectivity index (χ0) is 17.1. The lowest BCUT2D eigenvalue weighted by Gasteiger charge is -2.23. The molecule has 22 heavy (non-hydrogen) atoms. The molecule has 0 aliphatic rings. The first-order valence-corrected chi connectivity index (χ1v) is 8.65. The molecule has 0 radical (unpaired) electrons. The summed E-state index contributed by atoms with van der Waals surface area (Å²) in [4.78, 5) is -0.532. The number of ether oxygens (including phenoxy) is 2. The number of benzene rings is 1. The van der Waals surface area contributed by atoms with Crippen molar-refractivity contribution in [1.29, 1.82) is 0 Å². The summed E-state index contributed by atoms with van der Waals surface area (Å²) >= 11 is 0. The summed E-state index contributed by atoms with van der Waals surface area (Å²) < 4.78 is 43.6. The molecule has 0 fully saturated rings. The molecule has 6 nitrogen and oxygen atoms in total. The number of aromatic hydroxyl groups is 1. The average molecular weight is 332 g/mol. The Morgan fingerprint density at radius 2 is 1.68 bits per heavy atom. The molecule has 1 aromatic rings. The van der Waals surface area contributed by atoms with Crippen molar-refractivity contribution in [2.24, 2.45) is 0 Å². The molecular weight excluding hydrogens is 308 g/mol. The third-order valence-electron chi connectivity index (χ3n) is 3.74. The minimum absolute atomic E-state index is 0.0122. The second-order valence-electron chi connectivity index (χ2n) is 5.17. The molecule has 0 aliphatic heterocycles. The van der Waals surface area contributed by atoms with Crippen LogP contribution in [0.4, 0.5) is 0 Å². The van der Waals surface area contributed by atoms with Crippen LogP contribution in [0.1, 0.15) is 50.7 Å². The number of methoxy groups -OCH3 is 2. The van der Waals surface area contributed by atoms with E-state index in [2.05, 4.69) is 0 Å². The van der Waals surface area contributed by atoms with Gasteiger partial charge in [-0.2, -0.15) is 8.42 Å². The van der Waals surface area contributed by atoms with Crippen molar-refractivity contribution in [3.63, 3.8) is 0 Å². The highest BCUT2D eigenvalue weighted by atomic mass is 32.2. The summed E-state index contributed by atoms with van der Waals surface area (Å²) in [5.41, 5.74) is 0.891. The van der Waals surface area contributed by atoms with E-state index < -0.39 is 20.8 Å². The monoisotopic (exact) mass is 332 g/mol. The lowest BCUT2D eigenvalue weighted by Crippen LogP contribution is -2.11. The second-order valence-corrected chi connectivity index (χ2v) is 6.53. The third kappa shape index (κ3) is 3.30. The lowest BCUT2D eigenvalue weighted by molar-refractivity contribution is 0.340. The van der Waals surface area contributed by atoms with Gasteiger partial charge in [0, 0.05) is 11.1 Å². The molecule has 1 aromatic carbocycles. The molecule has 1 atom stereocenters. The number of hydrogen-bond acceptors (Lipinski definition) is 5. The SMILES string of the molecule is CCCc1c(OC)c(C(C)CC)c(OC)c(O)c1S(=O)(=O)O. The summed E-state index contributed by atoms with van der Waals surface area (Å²) in [5.74, 6) is -0.205. The van der Waals surface area contributed by atoms with Crippen LogP contribution in [0, 0.1) is 0 Å². The summed E-state index contributed by atoms with van der Waals surface area (Å²) in [7, 11) is -1.83. The van der Waals surface area contributed by atoms with E-state index in [4.69, 9.17) is 9.47 Å². The molecule has 0 aromatic heterocycles. The van der Waals surface area contributed by atoms with Crippen LogP contribution in [-0.4, -0.2) is 32.3 Å². The van der Waals surface area contributed by atoms with Gasteiger partial charge < -0.3 is 14.6 Å². The molecule has 0 spiro atoms. The van der Waals surface area contributed by atoms with Crippen LogP contribution in [0.15, 0.2) is 4.90 Å². The van der Waals surface area contributed by atoms with E-state index in [1.54, 1.807) is 0 Å². The van der Waals surface area contributed by atoms with Crippen LogP contribution in [0.2, 0.25) is 0 Å². The molecular formula is C15H24O6S. The second kappa shape index (κ2) is 7.19. The van der Waals surface area contributed by atoms with Crippen LogP contribution in [-0.2, 0) is 16.5 Å². The largest absolute Gasteiger partial charge is 0.503 e. The van der Waals surface area contributed by atoms with Gasteiger partial charge >= 0.3 is 0 Å². The van der Waals surface area contributed by atoms with Gasteiger partial charge in [0.25, 0.3) is 10.1 Å². The fourth-order valence-electron chi connectivity index (χ4n) is 2.59. The van der Waals surface area contributed by atoms with Crippen LogP contribution >= 0.6 is 0 Å². The Morgan fingerprint density at radius 1 is 1.14 bits per heavy atom.